The van der Waals surface area contributed by atoms with Gasteiger partial charge >= 0.3 is 5.97 Å². The summed E-state index contributed by atoms with van der Waals surface area (Å²) in [4.78, 5) is 16.8. The van der Waals surface area contributed by atoms with Gasteiger partial charge in [-0.25, -0.2) is 9.79 Å². The lowest BCUT2D eigenvalue weighted by Gasteiger charge is -2.14. The van der Waals surface area contributed by atoms with Crippen LogP contribution in [0.5, 0.6) is 28.7 Å². The van der Waals surface area contributed by atoms with Gasteiger partial charge in [0.15, 0.2) is 28.7 Å². The fourth-order valence-electron chi connectivity index (χ4n) is 3.10. The second kappa shape index (κ2) is 9.88. The maximum atomic E-state index is 12.5. The molecule has 8 heteroatoms. The second-order valence-corrected chi connectivity index (χ2v) is 6.29. The molecule has 1 aliphatic rings. The topological polar surface area (TPSA) is 84.8 Å². The van der Waals surface area contributed by atoms with E-state index < -0.39 is 5.97 Å². The fourth-order valence-corrected chi connectivity index (χ4v) is 3.10. The minimum atomic E-state index is -0.571. The van der Waals surface area contributed by atoms with Gasteiger partial charge in [0.2, 0.25) is 11.6 Å². The van der Waals surface area contributed by atoms with Crippen LogP contribution in [-0.2, 0) is 9.53 Å². The number of hydrogen-bond acceptors (Lipinski definition) is 8. The highest BCUT2D eigenvalue weighted by Crippen LogP contribution is 2.41. The zero-order valence-corrected chi connectivity index (χ0v) is 18.2. The summed E-state index contributed by atoms with van der Waals surface area (Å²) >= 11 is 0. The molecule has 3 rings (SSSR count). The van der Waals surface area contributed by atoms with Crippen LogP contribution in [0, 0.1) is 0 Å². The van der Waals surface area contributed by atoms with E-state index in [1.54, 1.807) is 36.4 Å². The van der Waals surface area contributed by atoms with Gasteiger partial charge in [-0.15, -0.1) is 0 Å². The Morgan fingerprint density at radius 2 is 1.55 bits per heavy atom. The van der Waals surface area contributed by atoms with Crippen molar-refractivity contribution in [2.45, 2.75) is 13.8 Å². The van der Waals surface area contributed by atoms with Crippen molar-refractivity contribution in [3.8, 4) is 28.7 Å². The van der Waals surface area contributed by atoms with E-state index in [1.165, 1.54) is 21.3 Å². The predicted molar refractivity (Wildman–Crippen MR) is 115 cm³/mol. The van der Waals surface area contributed by atoms with Crippen LogP contribution in [-0.4, -0.2) is 46.4 Å². The first-order chi connectivity index (χ1) is 15.1. The number of ether oxygens (including phenoxy) is 6. The molecule has 0 bridgehead atoms. The molecule has 0 amide bonds. The molecule has 0 saturated carbocycles. The number of cyclic esters (lactones) is 1. The van der Waals surface area contributed by atoms with Crippen LogP contribution in [0.3, 0.4) is 0 Å². The summed E-state index contributed by atoms with van der Waals surface area (Å²) in [5, 5.41) is 0. The predicted octanol–water partition coefficient (Wildman–Crippen LogP) is 3.85. The van der Waals surface area contributed by atoms with Gasteiger partial charge in [-0.2, -0.15) is 0 Å². The number of benzene rings is 2. The number of hydrogen-bond donors (Lipinski definition) is 0. The Hall–Kier alpha value is -3.68. The first-order valence-corrected chi connectivity index (χ1v) is 9.77. The van der Waals surface area contributed by atoms with Crippen molar-refractivity contribution >= 4 is 17.9 Å². The molecule has 0 spiro atoms. The molecule has 0 atom stereocenters. The largest absolute Gasteiger partial charge is 0.493 e. The highest BCUT2D eigenvalue weighted by molar-refractivity contribution is 6.13. The molecular weight excluding hydrogens is 402 g/mol. The molecule has 164 valence electrons. The van der Waals surface area contributed by atoms with E-state index in [9.17, 15) is 4.79 Å². The first kappa shape index (κ1) is 22.0. The number of esters is 1. The minimum Gasteiger partial charge on any atom is -0.493 e. The van der Waals surface area contributed by atoms with Gasteiger partial charge in [0.25, 0.3) is 0 Å². The molecule has 0 fully saturated rings. The van der Waals surface area contributed by atoms with Gasteiger partial charge in [0.1, 0.15) is 0 Å². The average Bonchev–Trinajstić information content (AvgIpc) is 3.14. The molecule has 31 heavy (non-hydrogen) atoms. The quantitative estimate of drug-likeness (QED) is 0.444. The maximum Gasteiger partial charge on any atom is 0.363 e. The van der Waals surface area contributed by atoms with Crippen molar-refractivity contribution in [2.75, 3.05) is 34.5 Å². The molecule has 0 saturated heterocycles. The van der Waals surface area contributed by atoms with Crippen molar-refractivity contribution in [1.29, 1.82) is 0 Å². The number of rotatable bonds is 9. The van der Waals surface area contributed by atoms with E-state index in [2.05, 4.69) is 4.99 Å². The normalized spacial score (nSPS) is 14.2. The summed E-state index contributed by atoms with van der Waals surface area (Å²) in [6.07, 6.45) is 1.58. The lowest BCUT2D eigenvalue weighted by Crippen LogP contribution is -2.06. The third-order valence-corrected chi connectivity index (χ3v) is 4.44. The summed E-state index contributed by atoms with van der Waals surface area (Å²) in [5.74, 6) is 2.13. The second-order valence-electron chi connectivity index (χ2n) is 6.29. The minimum absolute atomic E-state index is 0.132. The van der Waals surface area contributed by atoms with Crippen molar-refractivity contribution in [3.05, 3.63) is 47.2 Å². The smallest absolute Gasteiger partial charge is 0.363 e. The summed E-state index contributed by atoms with van der Waals surface area (Å²) in [7, 11) is 4.56. The molecule has 2 aromatic carbocycles. The van der Waals surface area contributed by atoms with Gasteiger partial charge in [-0.3, -0.25) is 0 Å². The number of nitrogens with zero attached hydrogens (tertiary/aromatic N) is 1. The molecular formula is C23H25NO7. The standard InChI is InChI=1S/C23H25NO7/c1-6-29-17-10-9-15(13-19(17)30-7-2)22-24-16(23(25)31-22)12-14-8-11-18(26-3)21(28-5)20(14)27-4/h8-13H,6-7H2,1-5H3/b16-12+. The van der Waals surface area contributed by atoms with Gasteiger partial charge in [-0.1, -0.05) is 0 Å². The van der Waals surface area contributed by atoms with Gasteiger partial charge in [0.05, 0.1) is 34.5 Å². The number of carbonyl (C=O) groups excluding carboxylic acids is 1. The number of carbonyl (C=O) groups is 1. The summed E-state index contributed by atoms with van der Waals surface area (Å²) in [6.45, 7) is 4.76. The summed E-state index contributed by atoms with van der Waals surface area (Å²) in [5.41, 5.74) is 1.33. The molecule has 0 aliphatic carbocycles. The van der Waals surface area contributed by atoms with Crippen molar-refractivity contribution in [1.82, 2.24) is 0 Å². The third kappa shape index (κ3) is 4.58. The Morgan fingerprint density at radius 3 is 2.19 bits per heavy atom. The zero-order valence-electron chi connectivity index (χ0n) is 18.2. The lowest BCUT2D eigenvalue weighted by atomic mass is 10.1. The Bertz CT molecular complexity index is 1030. The number of methoxy groups -OCH3 is 3. The van der Waals surface area contributed by atoms with Gasteiger partial charge in [0, 0.05) is 11.1 Å². The molecule has 1 heterocycles. The fraction of sp³-hybridized carbons (Fsp3) is 0.304. The van der Waals surface area contributed by atoms with E-state index in [0.29, 0.717) is 53.1 Å². The van der Waals surface area contributed by atoms with E-state index in [0.717, 1.165) is 0 Å². The molecule has 0 unspecified atom stereocenters. The van der Waals surface area contributed by atoms with Crippen LogP contribution in [0.4, 0.5) is 0 Å². The molecule has 1 aliphatic heterocycles. The van der Waals surface area contributed by atoms with Crippen LogP contribution >= 0.6 is 0 Å². The van der Waals surface area contributed by atoms with Crippen LogP contribution < -0.4 is 23.7 Å². The van der Waals surface area contributed by atoms with E-state index in [-0.39, 0.29) is 11.6 Å². The third-order valence-electron chi connectivity index (χ3n) is 4.44. The van der Waals surface area contributed by atoms with Gasteiger partial charge < -0.3 is 28.4 Å². The lowest BCUT2D eigenvalue weighted by molar-refractivity contribution is -0.129. The van der Waals surface area contributed by atoms with Gasteiger partial charge in [-0.05, 0) is 50.3 Å². The zero-order chi connectivity index (χ0) is 22.4. The monoisotopic (exact) mass is 427 g/mol. The van der Waals surface area contributed by atoms with Crippen LogP contribution in [0.15, 0.2) is 41.0 Å². The highest BCUT2D eigenvalue weighted by Gasteiger charge is 2.26. The molecule has 0 aromatic heterocycles. The van der Waals surface area contributed by atoms with E-state index in [1.807, 2.05) is 13.8 Å². The summed E-state index contributed by atoms with van der Waals surface area (Å²) < 4.78 is 32.8. The first-order valence-electron chi connectivity index (χ1n) is 9.77. The van der Waals surface area contributed by atoms with Crippen LogP contribution in [0.25, 0.3) is 6.08 Å². The summed E-state index contributed by atoms with van der Waals surface area (Å²) in [6, 6.07) is 8.73. The Balaban J connectivity index is 1.99. The molecule has 8 nitrogen and oxygen atoms in total. The van der Waals surface area contributed by atoms with Crippen LogP contribution in [0.2, 0.25) is 0 Å². The SMILES string of the molecule is CCOc1ccc(C2=N/C(=C/c3ccc(OC)c(OC)c3OC)C(=O)O2)cc1OCC. The molecule has 0 radical (unpaired) electrons. The maximum absolute atomic E-state index is 12.5. The Kier molecular flexibility index (Phi) is 7.02. The molecule has 2 aromatic rings. The highest BCUT2D eigenvalue weighted by atomic mass is 16.6. The van der Waals surface area contributed by atoms with E-state index >= 15 is 0 Å². The van der Waals surface area contributed by atoms with E-state index in [4.69, 9.17) is 28.4 Å². The van der Waals surface area contributed by atoms with Crippen molar-refractivity contribution in [2.24, 2.45) is 4.99 Å². The number of aliphatic imine (C=N–C) groups is 1. The van der Waals surface area contributed by atoms with Crippen LogP contribution in [0.1, 0.15) is 25.0 Å². The van der Waals surface area contributed by atoms with Crippen molar-refractivity contribution < 1.29 is 33.2 Å². The Morgan fingerprint density at radius 1 is 0.871 bits per heavy atom. The van der Waals surface area contributed by atoms with Crippen molar-refractivity contribution in [3.63, 3.8) is 0 Å². The molecule has 0 N–H and O–H groups in total. The Labute approximate surface area is 181 Å². The average molecular weight is 427 g/mol.